The summed E-state index contributed by atoms with van der Waals surface area (Å²) in [5.41, 5.74) is 0. The van der Waals surface area contributed by atoms with Crippen LogP contribution in [0.3, 0.4) is 0 Å². The van der Waals surface area contributed by atoms with Gasteiger partial charge in [0.15, 0.2) is 0 Å². The zero-order valence-corrected chi connectivity index (χ0v) is 13.0. The first-order chi connectivity index (χ1) is 10.1. The van der Waals surface area contributed by atoms with Crippen molar-refractivity contribution in [1.29, 1.82) is 5.26 Å². The van der Waals surface area contributed by atoms with Gasteiger partial charge >= 0.3 is 0 Å². The highest BCUT2D eigenvalue weighted by molar-refractivity contribution is 5.88. The van der Waals surface area contributed by atoms with Crippen LogP contribution >= 0.6 is 0 Å². The summed E-state index contributed by atoms with van der Waals surface area (Å²) >= 11 is 0. The SMILES string of the molecule is C[C@@H](C(=O)N1CCCC1C#N)N(C)C(=O)C1CCCCC1. The van der Waals surface area contributed by atoms with E-state index >= 15 is 0 Å². The van der Waals surface area contributed by atoms with Crippen LogP contribution in [0.4, 0.5) is 0 Å². The average Bonchev–Trinajstić information content (AvgIpc) is 3.01. The number of amides is 2. The lowest BCUT2D eigenvalue weighted by Gasteiger charge is -2.32. The zero-order chi connectivity index (χ0) is 15.4. The van der Waals surface area contributed by atoms with E-state index in [1.54, 1.807) is 23.8 Å². The Morgan fingerprint density at radius 1 is 1.19 bits per heavy atom. The first-order valence-electron chi connectivity index (χ1n) is 8.03. The Bertz CT molecular complexity index is 437. The molecule has 2 rings (SSSR count). The molecule has 0 bridgehead atoms. The molecule has 21 heavy (non-hydrogen) atoms. The fourth-order valence-electron chi connectivity index (χ4n) is 3.40. The van der Waals surface area contributed by atoms with E-state index in [4.69, 9.17) is 5.26 Å². The molecule has 5 nitrogen and oxygen atoms in total. The van der Waals surface area contributed by atoms with Gasteiger partial charge in [0, 0.05) is 19.5 Å². The fraction of sp³-hybridized carbons (Fsp3) is 0.812. The number of hydrogen-bond donors (Lipinski definition) is 0. The summed E-state index contributed by atoms with van der Waals surface area (Å²) < 4.78 is 0. The van der Waals surface area contributed by atoms with Crippen LogP contribution in [0, 0.1) is 17.2 Å². The molecule has 1 saturated carbocycles. The van der Waals surface area contributed by atoms with Gasteiger partial charge in [-0.05, 0) is 32.6 Å². The molecule has 2 fully saturated rings. The van der Waals surface area contributed by atoms with E-state index in [0.29, 0.717) is 6.54 Å². The number of carbonyl (C=O) groups is 2. The molecule has 2 aliphatic rings. The van der Waals surface area contributed by atoms with Crippen molar-refractivity contribution in [2.75, 3.05) is 13.6 Å². The summed E-state index contributed by atoms with van der Waals surface area (Å²) in [7, 11) is 1.72. The topological polar surface area (TPSA) is 64.4 Å². The third kappa shape index (κ3) is 3.37. The molecule has 0 aromatic heterocycles. The van der Waals surface area contributed by atoms with E-state index in [1.165, 1.54) is 6.42 Å². The summed E-state index contributed by atoms with van der Waals surface area (Å²) in [6.07, 6.45) is 6.92. The van der Waals surface area contributed by atoms with Crippen LogP contribution in [0.2, 0.25) is 0 Å². The van der Waals surface area contributed by atoms with Gasteiger partial charge in [-0.3, -0.25) is 9.59 Å². The van der Waals surface area contributed by atoms with E-state index < -0.39 is 6.04 Å². The molecule has 0 spiro atoms. The predicted molar refractivity (Wildman–Crippen MR) is 79.2 cm³/mol. The lowest BCUT2D eigenvalue weighted by molar-refractivity contribution is -0.146. The van der Waals surface area contributed by atoms with Gasteiger partial charge in [-0.25, -0.2) is 0 Å². The van der Waals surface area contributed by atoms with Gasteiger partial charge in [0.05, 0.1) is 6.07 Å². The second kappa shape index (κ2) is 6.93. The van der Waals surface area contributed by atoms with Crippen molar-refractivity contribution in [3.05, 3.63) is 0 Å². The predicted octanol–water partition coefficient (Wildman–Crippen LogP) is 1.93. The van der Waals surface area contributed by atoms with Gasteiger partial charge in [0.1, 0.15) is 12.1 Å². The zero-order valence-electron chi connectivity index (χ0n) is 13.0. The maximum absolute atomic E-state index is 12.5. The van der Waals surface area contributed by atoms with Gasteiger partial charge in [0.2, 0.25) is 11.8 Å². The summed E-state index contributed by atoms with van der Waals surface area (Å²) in [5, 5.41) is 9.09. The van der Waals surface area contributed by atoms with E-state index in [-0.39, 0.29) is 23.8 Å². The van der Waals surface area contributed by atoms with Crippen molar-refractivity contribution in [3.63, 3.8) is 0 Å². The summed E-state index contributed by atoms with van der Waals surface area (Å²) in [4.78, 5) is 28.2. The summed E-state index contributed by atoms with van der Waals surface area (Å²) in [6.45, 7) is 2.41. The first-order valence-corrected chi connectivity index (χ1v) is 8.03. The smallest absolute Gasteiger partial charge is 0.246 e. The van der Waals surface area contributed by atoms with Crippen molar-refractivity contribution < 1.29 is 9.59 Å². The quantitative estimate of drug-likeness (QED) is 0.798. The van der Waals surface area contributed by atoms with E-state index in [2.05, 4.69) is 6.07 Å². The van der Waals surface area contributed by atoms with Gasteiger partial charge in [0.25, 0.3) is 0 Å². The molecule has 0 N–H and O–H groups in total. The third-order valence-corrected chi connectivity index (χ3v) is 4.93. The van der Waals surface area contributed by atoms with Crippen LogP contribution in [0.1, 0.15) is 51.9 Å². The molecule has 1 aliphatic heterocycles. The molecule has 0 radical (unpaired) electrons. The minimum atomic E-state index is -0.478. The fourth-order valence-corrected chi connectivity index (χ4v) is 3.40. The number of nitriles is 1. The Kier molecular flexibility index (Phi) is 5.22. The standard InChI is InChI=1S/C16H25N3O2/c1-12(15(20)19-10-6-9-14(19)11-17)18(2)16(21)13-7-4-3-5-8-13/h12-14H,3-10H2,1-2H3/t12-,14?/m0/s1. The second-order valence-corrected chi connectivity index (χ2v) is 6.28. The molecular weight excluding hydrogens is 266 g/mol. The lowest BCUT2D eigenvalue weighted by atomic mass is 9.88. The Morgan fingerprint density at radius 3 is 2.48 bits per heavy atom. The normalized spacial score (nSPS) is 24.4. The Labute approximate surface area is 126 Å². The van der Waals surface area contributed by atoms with Crippen molar-refractivity contribution in [2.24, 2.45) is 5.92 Å². The van der Waals surface area contributed by atoms with Crippen LogP contribution < -0.4 is 0 Å². The van der Waals surface area contributed by atoms with Gasteiger partial charge in [-0.15, -0.1) is 0 Å². The molecule has 116 valence electrons. The van der Waals surface area contributed by atoms with Crippen molar-refractivity contribution in [3.8, 4) is 6.07 Å². The number of hydrogen-bond acceptors (Lipinski definition) is 3. The van der Waals surface area contributed by atoms with Crippen LogP contribution in [-0.2, 0) is 9.59 Å². The van der Waals surface area contributed by atoms with Crippen LogP contribution in [0.15, 0.2) is 0 Å². The number of likely N-dealkylation sites (tertiary alicyclic amines) is 1. The first kappa shape index (κ1) is 15.8. The largest absolute Gasteiger partial charge is 0.334 e. The molecule has 1 saturated heterocycles. The molecular formula is C16H25N3O2. The average molecular weight is 291 g/mol. The van der Waals surface area contributed by atoms with E-state index in [9.17, 15) is 9.59 Å². The van der Waals surface area contributed by atoms with Crippen molar-refractivity contribution in [1.82, 2.24) is 9.80 Å². The van der Waals surface area contributed by atoms with Crippen molar-refractivity contribution in [2.45, 2.75) is 64.0 Å². The van der Waals surface area contributed by atoms with Gasteiger partial charge < -0.3 is 9.80 Å². The van der Waals surface area contributed by atoms with Crippen LogP contribution in [0.5, 0.6) is 0 Å². The maximum atomic E-state index is 12.5. The highest BCUT2D eigenvalue weighted by atomic mass is 16.2. The number of likely N-dealkylation sites (N-methyl/N-ethyl adjacent to an activating group) is 1. The third-order valence-electron chi connectivity index (χ3n) is 4.93. The molecule has 1 unspecified atom stereocenters. The minimum absolute atomic E-state index is 0.0735. The van der Waals surface area contributed by atoms with E-state index in [1.807, 2.05) is 0 Å². The number of rotatable bonds is 3. The Balaban J connectivity index is 1.97. The molecule has 2 atom stereocenters. The van der Waals surface area contributed by atoms with Crippen LogP contribution in [0.25, 0.3) is 0 Å². The molecule has 5 heteroatoms. The maximum Gasteiger partial charge on any atom is 0.246 e. The molecule has 1 aliphatic carbocycles. The highest BCUT2D eigenvalue weighted by Crippen LogP contribution is 2.26. The summed E-state index contributed by atoms with van der Waals surface area (Å²) in [5.74, 6) is 0.0679. The Hall–Kier alpha value is -1.57. The lowest BCUT2D eigenvalue weighted by Crippen LogP contribution is -2.50. The van der Waals surface area contributed by atoms with E-state index in [0.717, 1.165) is 38.5 Å². The van der Waals surface area contributed by atoms with Gasteiger partial charge in [-0.1, -0.05) is 19.3 Å². The Morgan fingerprint density at radius 2 is 1.86 bits per heavy atom. The number of carbonyl (C=O) groups excluding carboxylic acids is 2. The monoisotopic (exact) mass is 291 g/mol. The molecule has 0 aromatic rings. The van der Waals surface area contributed by atoms with Gasteiger partial charge in [-0.2, -0.15) is 5.26 Å². The van der Waals surface area contributed by atoms with Crippen molar-refractivity contribution >= 4 is 11.8 Å². The molecule has 0 aromatic carbocycles. The second-order valence-electron chi connectivity index (χ2n) is 6.28. The number of nitrogens with zero attached hydrogens (tertiary/aromatic N) is 3. The minimum Gasteiger partial charge on any atom is -0.334 e. The molecule has 2 amide bonds. The highest BCUT2D eigenvalue weighted by Gasteiger charge is 2.35. The molecule has 1 heterocycles. The van der Waals surface area contributed by atoms with Crippen LogP contribution in [-0.4, -0.2) is 47.3 Å². The summed E-state index contributed by atoms with van der Waals surface area (Å²) in [6, 6.07) is 1.38.